The van der Waals surface area contributed by atoms with Crippen LogP contribution in [-0.4, -0.2) is 89.0 Å². The Morgan fingerprint density at radius 1 is 1.19 bits per heavy atom. The fraction of sp³-hybridized carbons (Fsp3) is 0.520. The zero-order valence-corrected chi connectivity index (χ0v) is 21.0. The van der Waals surface area contributed by atoms with Gasteiger partial charge in [0.2, 0.25) is 0 Å². The molecule has 2 saturated heterocycles. The fourth-order valence-corrected chi connectivity index (χ4v) is 5.19. The molecule has 3 fully saturated rings. The van der Waals surface area contributed by atoms with Crippen molar-refractivity contribution in [3.8, 4) is 0 Å². The van der Waals surface area contributed by atoms with Crippen molar-refractivity contribution in [3.05, 3.63) is 35.1 Å². The van der Waals surface area contributed by atoms with Gasteiger partial charge in [-0.2, -0.15) is 0 Å². The van der Waals surface area contributed by atoms with Crippen LogP contribution in [0.2, 0.25) is 0 Å². The highest BCUT2D eigenvalue weighted by atomic mass is 19.1. The summed E-state index contributed by atoms with van der Waals surface area (Å²) in [6.45, 7) is 1.34. The van der Waals surface area contributed by atoms with Crippen LogP contribution in [0.1, 0.15) is 36.8 Å². The Labute approximate surface area is 213 Å². The van der Waals surface area contributed by atoms with Crippen LogP contribution in [-0.2, 0) is 30.5 Å². The van der Waals surface area contributed by atoms with Crippen molar-refractivity contribution in [2.24, 2.45) is 10.4 Å². The number of nitrogens with zero attached hydrogens (tertiary/aromatic N) is 3. The van der Waals surface area contributed by atoms with Gasteiger partial charge >= 0.3 is 11.8 Å². The van der Waals surface area contributed by atoms with Gasteiger partial charge in [0.25, 0.3) is 17.6 Å². The number of benzene rings is 1. The van der Waals surface area contributed by atoms with Gasteiger partial charge in [0.15, 0.2) is 6.04 Å². The number of aliphatic hydroxyl groups is 1. The van der Waals surface area contributed by atoms with E-state index in [-0.39, 0.29) is 38.4 Å². The molecule has 2 bridgehead atoms. The van der Waals surface area contributed by atoms with E-state index < -0.39 is 52.2 Å². The number of carbonyl (C=O) groups excluding carboxylic acids is 5. The van der Waals surface area contributed by atoms with Crippen LogP contribution in [0.3, 0.4) is 0 Å². The molecule has 37 heavy (non-hydrogen) atoms. The second-order valence-corrected chi connectivity index (χ2v) is 10.3. The first kappa shape index (κ1) is 26.4. The fourth-order valence-electron chi connectivity index (χ4n) is 5.19. The van der Waals surface area contributed by atoms with Gasteiger partial charge in [0.1, 0.15) is 11.7 Å². The van der Waals surface area contributed by atoms with Crippen LogP contribution in [0, 0.1) is 18.2 Å². The molecule has 1 aromatic rings. The summed E-state index contributed by atoms with van der Waals surface area (Å²) in [6.07, 6.45) is 1.36. The Kier molecular flexibility index (Phi) is 6.89. The topological polar surface area (TPSA) is 148 Å². The van der Waals surface area contributed by atoms with Crippen molar-refractivity contribution in [2.45, 2.75) is 50.7 Å². The smallest absolute Gasteiger partial charge is 0.311 e. The van der Waals surface area contributed by atoms with Gasteiger partial charge < -0.3 is 20.6 Å². The normalized spacial score (nSPS) is 26.7. The predicted molar refractivity (Wildman–Crippen MR) is 128 cm³/mol. The number of fused-ring (bicyclic) bond motifs is 2. The number of nitrogens with one attached hydrogen (secondary N) is 2. The van der Waals surface area contributed by atoms with Crippen LogP contribution < -0.4 is 10.6 Å². The van der Waals surface area contributed by atoms with Crippen molar-refractivity contribution >= 4 is 35.2 Å². The van der Waals surface area contributed by atoms with Crippen molar-refractivity contribution in [1.82, 2.24) is 20.4 Å². The number of aliphatic hydroxyl groups excluding tert-OH is 1. The molecule has 1 saturated carbocycles. The maximum atomic E-state index is 13.6. The summed E-state index contributed by atoms with van der Waals surface area (Å²) < 4.78 is 13.6. The van der Waals surface area contributed by atoms with Crippen molar-refractivity contribution in [2.75, 3.05) is 27.2 Å². The highest BCUT2D eigenvalue weighted by Crippen LogP contribution is 2.47. The number of amides is 4. The molecule has 3 heterocycles. The molecule has 0 radical (unpaired) electrons. The molecule has 3 N–H and O–H groups in total. The van der Waals surface area contributed by atoms with Gasteiger partial charge in [-0.05, 0) is 49.8 Å². The van der Waals surface area contributed by atoms with Crippen LogP contribution in [0.25, 0.3) is 0 Å². The minimum absolute atomic E-state index is 0.00928. The number of Topliss-reactive ketones (excluding diaryl/α,β-unsaturated/α-hetero) is 1. The molecule has 1 atom stereocenters. The standard InChI is InChI=1S/C25H30FN5O6/c1-14-10-15(4-5-16(14)26)11-27-19(34)17-18(33)21(36)31-12-24(13-32)6-8-25(9-7-24,23(31)28-17)29-20(35)22(37)30(2)3/h4-5,10,17,32H,6-9,11-13H2,1-3H3,(H,27,34)(H,29,35). The molecule has 3 aliphatic heterocycles. The number of halogens is 1. The summed E-state index contributed by atoms with van der Waals surface area (Å²) in [5, 5.41) is 15.4. The summed E-state index contributed by atoms with van der Waals surface area (Å²) in [5.41, 5.74) is -0.966. The average Bonchev–Trinajstić information content (AvgIpc) is 3.09. The molecular formula is C25H30FN5O6. The van der Waals surface area contributed by atoms with Crippen molar-refractivity contribution < 1.29 is 33.5 Å². The number of rotatable bonds is 5. The first-order valence-corrected chi connectivity index (χ1v) is 12.0. The Hall–Kier alpha value is -3.67. The number of carbonyl (C=O) groups is 5. The molecule has 4 amide bonds. The van der Waals surface area contributed by atoms with E-state index in [1.54, 1.807) is 13.0 Å². The first-order chi connectivity index (χ1) is 17.4. The summed E-state index contributed by atoms with van der Waals surface area (Å²) >= 11 is 0. The van der Waals surface area contributed by atoms with Crippen LogP contribution >= 0.6 is 0 Å². The quantitative estimate of drug-likeness (QED) is 0.354. The van der Waals surface area contributed by atoms with E-state index >= 15 is 0 Å². The molecule has 5 rings (SSSR count). The molecule has 4 aliphatic rings. The lowest BCUT2D eigenvalue weighted by Gasteiger charge is -2.42. The number of likely N-dealkylation sites (N-methyl/N-ethyl adjacent to an activating group) is 1. The van der Waals surface area contributed by atoms with Gasteiger partial charge in [-0.15, -0.1) is 0 Å². The van der Waals surface area contributed by atoms with Gasteiger partial charge in [-0.25, -0.2) is 9.38 Å². The third-order valence-electron chi connectivity index (χ3n) is 7.52. The minimum Gasteiger partial charge on any atom is -0.396 e. The number of hydrogen-bond donors (Lipinski definition) is 3. The number of aryl methyl sites for hydroxylation is 1. The molecule has 0 spiro atoms. The lowest BCUT2D eigenvalue weighted by Crippen LogP contribution is -2.65. The van der Waals surface area contributed by atoms with E-state index in [0.29, 0.717) is 24.0 Å². The summed E-state index contributed by atoms with van der Waals surface area (Å²) in [4.78, 5) is 71.0. The van der Waals surface area contributed by atoms with Crippen LogP contribution in [0.15, 0.2) is 23.2 Å². The zero-order chi connectivity index (χ0) is 27.1. The minimum atomic E-state index is -1.68. The van der Waals surface area contributed by atoms with Gasteiger partial charge in [-0.1, -0.05) is 12.1 Å². The van der Waals surface area contributed by atoms with E-state index in [1.165, 1.54) is 26.2 Å². The number of hydrogen-bond acceptors (Lipinski definition) is 7. The molecule has 1 aromatic carbocycles. The highest BCUT2D eigenvalue weighted by molar-refractivity contribution is 6.46. The maximum absolute atomic E-state index is 13.6. The van der Waals surface area contributed by atoms with E-state index in [4.69, 9.17) is 0 Å². The van der Waals surface area contributed by atoms with Crippen LogP contribution in [0.5, 0.6) is 0 Å². The molecular weight excluding hydrogens is 485 g/mol. The van der Waals surface area contributed by atoms with E-state index in [2.05, 4.69) is 15.6 Å². The zero-order valence-electron chi connectivity index (χ0n) is 21.0. The summed E-state index contributed by atoms with van der Waals surface area (Å²) in [5.74, 6) is -4.84. The Morgan fingerprint density at radius 2 is 1.86 bits per heavy atom. The summed E-state index contributed by atoms with van der Waals surface area (Å²) in [7, 11) is 2.86. The number of amidine groups is 1. The Bertz CT molecular complexity index is 1200. The molecule has 11 nitrogen and oxygen atoms in total. The number of ketones is 1. The predicted octanol–water partition coefficient (Wildman–Crippen LogP) is -0.562. The maximum Gasteiger partial charge on any atom is 0.311 e. The second kappa shape index (κ2) is 9.66. The summed E-state index contributed by atoms with van der Waals surface area (Å²) in [6, 6.07) is 2.64. The average molecular weight is 516 g/mol. The SMILES string of the molecule is Cc1cc(CNC(=O)C2N=C3N(CC4(CO)CCC3(NC(=O)C(=O)N(C)C)CC4)C(=O)C2=O)ccc1F. The highest BCUT2D eigenvalue weighted by Gasteiger charge is 2.57. The third-order valence-corrected chi connectivity index (χ3v) is 7.52. The van der Waals surface area contributed by atoms with Crippen molar-refractivity contribution in [1.29, 1.82) is 0 Å². The van der Waals surface area contributed by atoms with E-state index in [0.717, 1.165) is 9.80 Å². The third kappa shape index (κ3) is 4.73. The lowest BCUT2D eigenvalue weighted by atomic mass is 9.69. The molecule has 0 aromatic heterocycles. The number of aliphatic imine (C=N–C) groups is 1. The molecule has 198 valence electrons. The first-order valence-electron chi connectivity index (χ1n) is 12.0. The van der Waals surface area contributed by atoms with Gasteiger partial charge in [-0.3, -0.25) is 28.9 Å². The Balaban J connectivity index is 1.67. The van der Waals surface area contributed by atoms with E-state index in [9.17, 15) is 33.5 Å². The molecule has 12 heteroatoms. The molecule has 1 aliphatic carbocycles. The van der Waals surface area contributed by atoms with Crippen LogP contribution in [0.4, 0.5) is 4.39 Å². The van der Waals surface area contributed by atoms with E-state index in [1.807, 2.05) is 0 Å². The Morgan fingerprint density at radius 3 is 2.46 bits per heavy atom. The van der Waals surface area contributed by atoms with Gasteiger partial charge in [0.05, 0.1) is 12.1 Å². The van der Waals surface area contributed by atoms with Gasteiger partial charge in [0, 0.05) is 32.6 Å². The largest absolute Gasteiger partial charge is 0.396 e. The second-order valence-electron chi connectivity index (χ2n) is 10.3. The monoisotopic (exact) mass is 515 g/mol. The van der Waals surface area contributed by atoms with Crippen molar-refractivity contribution in [3.63, 3.8) is 0 Å². The molecule has 1 unspecified atom stereocenters. The lowest BCUT2D eigenvalue weighted by molar-refractivity contribution is -0.146.